The Labute approximate surface area is 128 Å². The van der Waals surface area contributed by atoms with Crippen molar-refractivity contribution in [3.05, 3.63) is 28.5 Å². The molecule has 0 spiro atoms. The summed E-state index contributed by atoms with van der Waals surface area (Å²) in [4.78, 5) is 15.8. The molecule has 0 saturated heterocycles. The number of amides is 1. The second-order valence-electron chi connectivity index (χ2n) is 5.25. The molecule has 4 nitrogen and oxygen atoms in total. The van der Waals surface area contributed by atoms with E-state index < -0.39 is 30.1 Å². The maximum atomic E-state index is 12.2. The van der Waals surface area contributed by atoms with Gasteiger partial charge in [0.15, 0.2) is 0 Å². The predicted octanol–water partition coefficient (Wildman–Crippen LogP) is 2.45. The fourth-order valence-corrected chi connectivity index (χ4v) is 2.19. The lowest BCUT2D eigenvalue weighted by molar-refractivity contribution is -0.145. The van der Waals surface area contributed by atoms with Crippen LogP contribution in [0.5, 0.6) is 0 Å². The highest BCUT2D eigenvalue weighted by Crippen LogP contribution is 2.23. The first-order valence-corrected chi connectivity index (χ1v) is 6.94. The topological polar surface area (TPSA) is 62.2 Å². The first-order chi connectivity index (χ1) is 9.49. The van der Waals surface area contributed by atoms with E-state index in [1.807, 2.05) is 5.32 Å². The number of aliphatic hydroxyl groups is 1. The monoisotopic (exact) mass is 368 g/mol. The molecule has 0 aromatic carbocycles. The van der Waals surface area contributed by atoms with Gasteiger partial charge < -0.3 is 10.4 Å². The molecular weight excluding hydrogens is 353 g/mol. The maximum Gasteiger partial charge on any atom is 0.405 e. The summed E-state index contributed by atoms with van der Waals surface area (Å²) in [6, 6.07) is 1.70. The molecule has 2 N–H and O–H groups in total. The molecule has 1 heterocycles. The van der Waals surface area contributed by atoms with Crippen LogP contribution in [0.2, 0.25) is 0 Å². The molecule has 0 radical (unpaired) electrons. The summed E-state index contributed by atoms with van der Waals surface area (Å²) >= 11 is 3.22. The average molecular weight is 369 g/mol. The van der Waals surface area contributed by atoms with Crippen molar-refractivity contribution in [2.75, 3.05) is 6.54 Å². The number of carbonyl (C=O) groups excluding carboxylic acids is 1. The van der Waals surface area contributed by atoms with E-state index in [0.717, 1.165) is 0 Å². The van der Waals surface area contributed by atoms with E-state index in [-0.39, 0.29) is 6.42 Å². The minimum absolute atomic E-state index is 0.0830. The molecule has 118 valence electrons. The molecule has 1 atom stereocenters. The molecule has 0 unspecified atom stereocenters. The van der Waals surface area contributed by atoms with Crippen LogP contribution in [0, 0.1) is 5.92 Å². The van der Waals surface area contributed by atoms with Gasteiger partial charge in [0.1, 0.15) is 6.54 Å². The van der Waals surface area contributed by atoms with E-state index in [1.54, 1.807) is 12.3 Å². The molecule has 0 saturated carbocycles. The van der Waals surface area contributed by atoms with E-state index in [1.165, 1.54) is 20.0 Å². The van der Waals surface area contributed by atoms with Crippen LogP contribution in [0.4, 0.5) is 13.2 Å². The largest absolute Gasteiger partial charge is 0.405 e. The minimum atomic E-state index is -4.49. The lowest BCUT2D eigenvalue weighted by Crippen LogP contribution is -2.46. The van der Waals surface area contributed by atoms with Crippen molar-refractivity contribution in [1.82, 2.24) is 10.3 Å². The molecular formula is C13H16BrF3N2O2. The maximum absolute atomic E-state index is 12.2. The summed E-state index contributed by atoms with van der Waals surface area (Å²) in [5.41, 5.74) is -0.823. The zero-order chi connectivity index (χ0) is 16.3. The predicted molar refractivity (Wildman–Crippen MR) is 74.5 cm³/mol. The Morgan fingerprint density at radius 3 is 2.52 bits per heavy atom. The first-order valence-electron chi connectivity index (χ1n) is 6.15. The SMILES string of the molecule is CC(C)(O)[C@@H](Cc1cncc(Br)c1)C(=O)NCC(F)(F)F. The molecule has 0 aliphatic rings. The summed E-state index contributed by atoms with van der Waals surface area (Å²) in [6.07, 6.45) is -1.36. The van der Waals surface area contributed by atoms with Gasteiger partial charge in [-0.15, -0.1) is 0 Å². The zero-order valence-corrected chi connectivity index (χ0v) is 13.1. The highest BCUT2D eigenvalue weighted by atomic mass is 79.9. The summed E-state index contributed by atoms with van der Waals surface area (Å²) < 4.78 is 37.2. The Bertz CT molecular complexity index is 501. The Kier molecular flexibility index (Phi) is 5.75. The molecule has 0 bridgehead atoms. The number of alkyl halides is 3. The number of halogens is 4. The van der Waals surface area contributed by atoms with Crippen LogP contribution in [0.25, 0.3) is 0 Å². The molecule has 1 amide bonds. The van der Waals surface area contributed by atoms with Gasteiger partial charge >= 0.3 is 6.18 Å². The van der Waals surface area contributed by atoms with Crippen molar-refractivity contribution in [3.63, 3.8) is 0 Å². The van der Waals surface area contributed by atoms with E-state index in [0.29, 0.717) is 10.0 Å². The molecule has 1 rings (SSSR count). The van der Waals surface area contributed by atoms with Gasteiger partial charge in [0, 0.05) is 16.9 Å². The summed E-state index contributed by atoms with van der Waals surface area (Å²) in [7, 11) is 0. The number of nitrogens with zero attached hydrogens (tertiary/aromatic N) is 1. The van der Waals surface area contributed by atoms with Gasteiger partial charge in [-0.2, -0.15) is 13.2 Å². The van der Waals surface area contributed by atoms with E-state index >= 15 is 0 Å². The molecule has 0 aliphatic carbocycles. The Balaban J connectivity index is 2.84. The lowest BCUT2D eigenvalue weighted by atomic mass is 9.85. The molecule has 0 aliphatic heterocycles. The third-order valence-electron chi connectivity index (χ3n) is 2.83. The van der Waals surface area contributed by atoms with Crippen molar-refractivity contribution in [2.24, 2.45) is 5.92 Å². The first kappa shape index (κ1) is 17.9. The average Bonchev–Trinajstić information content (AvgIpc) is 2.31. The van der Waals surface area contributed by atoms with Gasteiger partial charge in [0.05, 0.1) is 11.5 Å². The van der Waals surface area contributed by atoms with Crippen molar-refractivity contribution < 1.29 is 23.1 Å². The summed E-state index contributed by atoms with van der Waals surface area (Å²) in [5.74, 6) is -1.87. The van der Waals surface area contributed by atoms with Crippen LogP contribution in [0.15, 0.2) is 22.9 Å². The number of hydrogen-bond acceptors (Lipinski definition) is 3. The third kappa shape index (κ3) is 6.43. The number of nitrogens with one attached hydrogen (secondary N) is 1. The Hall–Kier alpha value is -1.15. The van der Waals surface area contributed by atoms with Crippen LogP contribution >= 0.6 is 15.9 Å². The molecule has 1 aromatic heterocycles. The fraction of sp³-hybridized carbons (Fsp3) is 0.538. The smallest absolute Gasteiger partial charge is 0.390 e. The number of hydrogen-bond donors (Lipinski definition) is 2. The van der Waals surface area contributed by atoms with Crippen LogP contribution in [0.1, 0.15) is 19.4 Å². The number of pyridine rings is 1. The number of rotatable bonds is 5. The fourth-order valence-electron chi connectivity index (χ4n) is 1.78. The van der Waals surface area contributed by atoms with Crippen LogP contribution in [-0.4, -0.2) is 34.3 Å². The van der Waals surface area contributed by atoms with Crippen molar-refractivity contribution in [2.45, 2.75) is 32.0 Å². The second kappa shape index (κ2) is 6.74. The van der Waals surface area contributed by atoms with Crippen molar-refractivity contribution in [3.8, 4) is 0 Å². The Morgan fingerprint density at radius 1 is 1.43 bits per heavy atom. The molecule has 21 heavy (non-hydrogen) atoms. The summed E-state index contributed by atoms with van der Waals surface area (Å²) in [5, 5.41) is 11.8. The van der Waals surface area contributed by atoms with Gasteiger partial charge in [0.2, 0.25) is 5.91 Å². The minimum Gasteiger partial charge on any atom is -0.390 e. The van der Waals surface area contributed by atoms with Gasteiger partial charge in [0.25, 0.3) is 0 Å². The second-order valence-corrected chi connectivity index (χ2v) is 6.17. The third-order valence-corrected chi connectivity index (χ3v) is 3.27. The highest BCUT2D eigenvalue weighted by molar-refractivity contribution is 9.10. The molecule has 8 heteroatoms. The van der Waals surface area contributed by atoms with Gasteiger partial charge in [-0.1, -0.05) is 0 Å². The molecule has 0 fully saturated rings. The van der Waals surface area contributed by atoms with Crippen molar-refractivity contribution in [1.29, 1.82) is 0 Å². The van der Waals surface area contributed by atoms with Gasteiger partial charge in [-0.05, 0) is 47.8 Å². The summed E-state index contributed by atoms with van der Waals surface area (Å²) in [6.45, 7) is 1.35. The van der Waals surface area contributed by atoms with E-state index in [9.17, 15) is 23.1 Å². The standard InChI is InChI=1S/C13H16BrF3N2O2/c1-12(2,21)10(11(20)19-7-13(15,16)17)4-8-3-9(14)6-18-5-8/h3,5-6,10,21H,4,7H2,1-2H3,(H,19,20)/t10-/m0/s1. The van der Waals surface area contributed by atoms with Crippen LogP contribution in [-0.2, 0) is 11.2 Å². The number of aromatic nitrogens is 1. The zero-order valence-electron chi connectivity index (χ0n) is 11.5. The highest BCUT2D eigenvalue weighted by Gasteiger charge is 2.36. The Morgan fingerprint density at radius 2 is 2.05 bits per heavy atom. The van der Waals surface area contributed by atoms with E-state index in [4.69, 9.17) is 0 Å². The van der Waals surface area contributed by atoms with Gasteiger partial charge in [-0.3, -0.25) is 9.78 Å². The van der Waals surface area contributed by atoms with E-state index in [2.05, 4.69) is 20.9 Å². The normalized spacial score (nSPS) is 13.9. The van der Waals surface area contributed by atoms with Crippen molar-refractivity contribution >= 4 is 21.8 Å². The molecule has 1 aromatic rings. The van der Waals surface area contributed by atoms with Crippen LogP contribution < -0.4 is 5.32 Å². The van der Waals surface area contributed by atoms with Crippen LogP contribution in [0.3, 0.4) is 0 Å². The quantitative estimate of drug-likeness (QED) is 0.838. The van der Waals surface area contributed by atoms with Gasteiger partial charge in [-0.25, -0.2) is 0 Å². The number of carbonyl (C=O) groups is 1. The lowest BCUT2D eigenvalue weighted by Gasteiger charge is -2.28.